The van der Waals surface area contributed by atoms with Crippen molar-refractivity contribution in [1.29, 1.82) is 5.26 Å². The largest absolute Gasteiger partial charge is 0.368 e. The lowest BCUT2D eigenvalue weighted by Gasteiger charge is -2.28. The molecule has 0 bridgehead atoms. The molecule has 1 fully saturated rings. The number of pyridine rings is 1. The first kappa shape index (κ1) is 19.1. The number of hydrogen-bond donors (Lipinski definition) is 2. The lowest BCUT2D eigenvalue weighted by molar-refractivity contribution is 0.585. The lowest BCUT2D eigenvalue weighted by atomic mass is 10.0. The molecular weight excluding hydrogens is 362 g/mol. The van der Waals surface area contributed by atoms with Crippen molar-refractivity contribution >= 4 is 22.4 Å². The molecule has 0 saturated carbocycles. The number of nitrogens with one attached hydrogen (secondary N) is 2. The molecule has 1 aliphatic heterocycles. The van der Waals surface area contributed by atoms with Gasteiger partial charge < -0.3 is 15.5 Å². The van der Waals surface area contributed by atoms with E-state index in [0.717, 1.165) is 71.8 Å². The van der Waals surface area contributed by atoms with E-state index < -0.39 is 0 Å². The van der Waals surface area contributed by atoms with Gasteiger partial charge in [0.2, 0.25) is 0 Å². The van der Waals surface area contributed by atoms with Crippen LogP contribution in [0.4, 0.5) is 11.6 Å². The Kier molecular flexibility index (Phi) is 5.54. The molecule has 1 aliphatic rings. The molecule has 0 aliphatic carbocycles. The van der Waals surface area contributed by atoms with Crippen LogP contribution in [-0.2, 0) is 6.42 Å². The number of piperazine rings is 1. The number of aryl methyl sites for hydroxylation is 1. The van der Waals surface area contributed by atoms with Crippen molar-refractivity contribution in [3.63, 3.8) is 0 Å². The summed E-state index contributed by atoms with van der Waals surface area (Å²) in [5.41, 5.74) is 3.82. The normalized spacial score (nSPS) is 14.0. The molecule has 148 valence electrons. The van der Waals surface area contributed by atoms with Crippen LogP contribution in [0.5, 0.6) is 0 Å². The van der Waals surface area contributed by atoms with Gasteiger partial charge in [-0.3, -0.25) is 0 Å². The molecule has 1 saturated heterocycles. The predicted octanol–water partition coefficient (Wildman–Crippen LogP) is 2.58. The maximum absolute atomic E-state index is 9.23. The zero-order valence-electron chi connectivity index (χ0n) is 16.9. The maximum Gasteiger partial charge on any atom is 0.156 e. The first-order valence-electron chi connectivity index (χ1n) is 9.98. The van der Waals surface area contributed by atoms with Crippen molar-refractivity contribution in [2.75, 3.05) is 42.9 Å². The van der Waals surface area contributed by atoms with E-state index in [1.807, 2.05) is 32.2 Å². The number of nitrogens with zero attached hydrogens (tertiary/aromatic N) is 5. The van der Waals surface area contributed by atoms with Crippen LogP contribution in [0.25, 0.3) is 10.8 Å². The second-order valence-corrected chi connectivity index (χ2v) is 7.34. The molecule has 0 unspecified atom stereocenters. The van der Waals surface area contributed by atoms with Gasteiger partial charge >= 0.3 is 0 Å². The summed E-state index contributed by atoms with van der Waals surface area (Å²) in [7, 11) is 0. The minimum Gasteiger partial charge on any atom is -0.368 e. The molecule has 2 N–H and O–H groups in total. The van der Waals surface area contributed by atoms with Crippen LogP contribution < -0.4 is 15.5 Å². The summed E-state index contributed by atoms with van der Waals surface area (Å²) in [5, 5.41) is 26.8. The van der Waals surface area contributed by atoms with Crippen LogP contribution in [0.3, 0.4) is 0 Å². The van der Waals surface area contributed by atoms with E-state index in [0.29, 0.717) is 6.54 Å². The van der Waals surface area contributed by atoms with Crippen LogP contribution in [0.1, 0.15) is 22.4 Å². The first-order chi connectivity index (χ1) is 14.2. The summed E-state index contributed by atoms with van der Waals surface area (Å²) in [4.78, 5) is 6.96. The van der Waals surface area contributed by atoms with Crippen molar-refractivity contribution in [3.05, 3.63) is 52.8 Å². The van der Waals surface area contributed by atoms with E-state index in [1.165, 1.54) is 5.56 Å². The van der Waals surface area contributed by atoms with Gasteiger partial charge in [0.1, 0.15) is 5.82 Å². The number of hydrogen-bond acceptors (Lipinski definition) is 7. The highest BCUT2D eigenvalue weighted by Crippen LogP contribution is 2.26. The molecule has 3 aromatic rings. The van der Waals surface area contributed by atoms with Crippen molar-refractivity contribution in [2.45, 2.75) is 20.3 Å². The van der Waals surface area contributed by atoms with Gasteiger partial charge in [0.05, 0.1) is 17.3 Å². The highest BCUT2D eigenvalue weighted by atomic mass is 15.2. The fourth-order valence-corrected chi connectivity index (χ4v) is 3.75. The quantitative estimate of drug-likeness (QED) is 0.695. The number of benzene rings is 1. The maximum atomic E-state index is 9.23. The second kappa shape index (κ2) is 8.41. The van der Waals surface area contributed by atoms with E-state index in [1.54, 1.807) is 0 Å². The first-order valence-corrected chi connectivity index (χ1v) is 9.98. The third kappa shape index (κ3) is 3.98. The van der Waals surface area contributed by atoms with Crippen LogP contribution in [0.15, 0.2) is 30.5 Å². The Bertz CT molecular complexity index is 1060. The monoisotopic (exact) mass is 387 g/mol. The van der Waals surface area contributed by atoms with Gasteiger partial charge in [0, 0.05) is 49.7 Å². The van der Waals surface area contributed by atoms with Gasteiger partial charge in [-0.25, -0.2) is 4.98 Å². The molecule has 0 radical (unpaired) electrons. The Balaban J connectivity index is 1.56. The Hall–Kier alpha value is -3.24. The van der Waals surface area contributed by atoms with Crippen LogP contribution >= 0.6 is 0 Å². The number of fused-ring (bicyclic) bond motifs is 1. The molecule has 0 atom stereocenters. The molecule has 0 spiro atoms. The van der Waals surface area contributed by atoms with Gasteiger partial charge in [-0.05, 0) is 43.5 Å². The minimum absolute atomic E-state index is 0.716. The fraction of sp³-hybridized carbons (Fsp3) is 0.364. The summed E-state index contributed by atoms with van der Waals surface area (Å²) < 4.78 is 0. The van der Waals surface area contributed by atoms with E-state index >= 15 is 0 Å². The zero-order chi connectivity index (χ0) is 20.2. The van der Waals surface area contributed by atoms with E-state index in [9.17, 15) is 5.26 Å². The number of nitriles is 1. The van der Waals surface area contributed by atoms with E-state index in [2.05, 4.69) is 48.9 Å². The summed E-state index contributed by atoms with van der Waals surface area (Å²) in [6.45, 7) is 8.52. The summed E-state index contributed by atoms with van der Waals surface area (Å²) in [6, 6.07) is 10.2. The third-order valence-electron chi connectivity index (χ3n) is 5.53. The van der Waals surface area contributed by atoms with Gasteiger partial charge in [0.25, 0.3) is 0 Å². The molecule has 7 heteroatoms. The molecule has 4 rings (SSSR count). The predicted molar refractivity (Wildman–Crippen MR) is 115 cm³/mol. The number of anilines is 2. The van der Waals surface area contributed by atoms with Gasteiger partial charge in [-0.1, -0.05) is 12.1 Å². The Morgan fingerprint density at radius 2 is 2.00 bits per heavy atom. The van der Waals surface area contributed by atoms with E-state index in [4.69, 9.17) is 0 Å². The average Bonchev–Trinajstić information content (AvgIpc) is 2.77. The SMILES string of the molecule is Cc1c(C#N)cccc1CCNc1nnc(C)c2cnc(N3CCNCC3)cc12. The fourth-order valence-electron chi connectivity index (χ4n) is 3.75. The Morgan fingerprint density at radius 3 is 2.79 bits per heavy atom. The molecule has 7 nitrogen and oxygen atoms in total. The topological polar surface area (TPSA) is 89.8 Å². The smallest absolute Gasteiger partial charge is 0.156 e. The lowest BCUT2D eigenvalue weighted by Crippen LogP contribution is -2.43. The number of rotatable bonds is 5. The summed E-state index contributed by atoms with van der Waals surface area (Å²) in [6.07, 6.45) is 2.72. The highest BCUT2D eigenvalue weighted by Gasteiger charge is 2.15. The molecule has 29 heavy (non-hydrogen) atoms. The van der Waals surface area contributed by atoms with Gasteiger partial charge in [-0.2, -0.15) is 10.4 Å². The summed E-state index contributed by atoms with van der Waals surface area (Å²) >= 11 is 0. The van der Waals surface area contributed by atoms with Crippen molar-refractivity contribution in [1.82, 2.24) is 20.5 Å². The molecule has 2 aromatic heterocycles. The molecule has 3 heterocycles. The van der Waals surface area contributed by atoms with Gasteiger partial charge in [0.15, 0.2) is 5.82 Å². The number of aromatic nitrogens is 3. The van der Waals surface area contributed by atoms with Crippen LogP contribution in [0, 0.1) is 25.2 Å². The Labute approximate surface area is 170 Å². The third-order valence-corrected chi connectivity index (χ3v) is 5.53. The molecular formula is C22H25N7. The summed E-state index contributed by atoms with van der Waals surface area (Å²) in [5.74, 6) is 1.76. The standard InChI is InChI=1S/C22H25N7/c1-15-17(4-3-5-18(15)13-23)6-7-25-22-19-12-21(29-10-8-24-9-11-29)26-14-20(19)16(2)27-28-22/h3-5,12,14,24H,6-11H2,1-2H3,(H,25,28). The van der Waals surface area contributed by atoms with Crippen molar-refractivity contribution < 1.29 is 0 Å². The van der Waals surface area contributed by atoms with Crippen LogP contribution in [-0.4, -0.2) is 47.9 Å². The van der Waals surface area contributed by atoms with Crippen LogP contribution in [0.2, 0.25) is 0 Å². The Morgan fingerprint density at radius 1 is 1.17 bits per heavy atom. The average molecular weight is 387 g/mol. The van der Waals surface area contributed by atoms with Crippen molar-refractivity contribution in [2.24, 2.45) is 0 Å². The second-order valence-electron chi connectivity index (χ2n) is 7.34. The van der Waals surface area contributed by atoms with Gasteiger partial charge in [-0.15, -0.1) is 5.10 Å². The molecule has 0 amide bonds. The van der Waals surface area contributed by atoms with E-state index in [-0.39, 0.29) is 0 Å². The molecule has 1 aromatic carbocycles. The zero-order valence-corrected chi connectivity index (χ0v) is 16.9. The highest BCUT2D eigenvalue weighted by molar-refractivity contribution is 5.94. The van der Waals surface area contributed by atoms with Crippen molar-refractivity contribution in [3.8, 4) is 6.07 Å². The minimum atomic E-state index is 0.716.